The van der Waals surface area contributed by atoms with Gasteiger partial charge in [0.25, 0.3) is 0 Å². The number of fused-ring (bicyclic) bond motifs is 4. The van der Waals surface area contributed by atoms with Gasteiger partial charge in [0.05, 0.1) is 48.5 Å². The maximum absolute atomic E-state index is 13.7. The molecule has 0 aromatic heterocycles. The Hall–Kier alpha value is -1.22. The van der Waals surface area contributed by atoms with Crippen molar-refractivity contribution >= 4 is 11.9 Å². The highest BCUT2D eigenvalue weighted by atomic mass is 16.6. The standard InChI is InChI=1S/C35H61NO7/c1-9-11-25(36(7)8)19-27-13-15-29(39-27)21(3)33-22(4)30-17-18-32(42-30)24(6)34(37)41-26(12-10-2)20-28-14-16-31(40-28)23(5)35(38)43-33/h21-33H,9-20H2,1-8H3/t21-,22-,23+,24-,25-,26+,27+,28?,29?,30?,31?,32?,33?/m1/s1. The van der Waals surface area contributed by atoms with E-state index in [-0.39, 0.29) is 84.4 Å². The topological polar surface area (TPSA) is 83.5 Å². The number of hydrogen-bond acceptors (Lipinski definition) is 8. The third-order valence-corrected chi connectivity index (χ3v) is 11.0. The number of carbonyl (C=O) groups is 2. The lowest BCUT2D eigenvalue weighted by molar-refractivity contribution is -0.175. The molecule has 4 bridgehead atoms. The summed E-state index contributed by atoms with van der Waals surface area (Å²) < 4.78 is 32.2. The van der Waals surface area contributed by atoms with E-state index in [2.05, 4.69) is 46.7 Å². The smallest absolute Gasteiger partial charge is 0.311 e. The van der Waals surface area contributed by atoms with Crippen molar-refractivity contribution in [2.75, 3.05) is 14.1 Å². The fraction of sp³-hybridized carbons (Fsp3) is 0.943. The van der Waals surface area contributed by atoms with Crippen LogP contribution in [0.1, 0.15) is 119 Å². The average molecular weight is 608 g/mol. The van der Waals surface area contributed by atoms with Crippen LogP contribution in [0.25, 0.3) is 0 Å². The first kappa shape index (κ1) is 34.6. The molecule has 4 rings (SSSR count). The highest BCUT2D eigenvalue weighted by molar-refractivity contribution is 5.73. The minimum absolute atomic E-state index is 0.0175. The number of hydrogen-bond donors (Lipinski definition) is 0. The van der Waals surface area contributed by atoms with E-state index in [0.717, 1.165) is 70.6 Å². The van der Waals surface area contributed by atoms with Gasteiger partial charge in [0.2, 0.25) is 0 Å². The second kappa shape index (κ2) is 15.9. The normalized spacial score (nSPS) is 40.8. The summed E-state index contributed by atoms with van der Waals surface area (Å²) in [7, 11) is 4.32. The Kier molecular flexibility index (Phi) is 12.8. The molecule has 0 aromatic carbocycles. The van der Waals surface area contributed by atoms with Gasteiger partial charge in [0.15, 0.2) is 0 Å². The number of ether oxygens (including phenoxy) is 5. The minimum Gasteiger partial charge on any atom is -0.462 e. The predicted octanol–water partition coefficient (Wildman–Crippen LogP) is 6.32. The molecule has 0 radical (unpaired) electrons. The van der Waals surface area contributed by atoms with Crippen LogP contribution in [0.3, 0.4) is 0 Å². The molecule has 248 valence electrons. The molecule has 4 aliphatic rings. The Labute approximate surface area is 261 Å². The van der Waals surface area contributed by atoms with Crippen molar-refractivity contribution in [1.82, 2.24) is 4.90 Å². The molecule has 4 aliphatic heterocycles. The predicted molar refractivity (Wildman–Crippen MR) is 167 cm³/mol. The molecule has 4 heterocycles. The lowest BCUT2D eigenvalue weighted by atomic mass is 9.84. The van der Waals surface area contributed by atoms with Gasteiger partial charge in [0, 0.05) is 24.3 Å². The van der Waals surface area contributed by atoms with Gasteiger partial charge >= 0.3 is 11.9 Å². The molecule has 0 N–H and O–H groups in total. The fourth-order valence-electron chi connectivity index (χ4n) is 8.01. The van der Waals surface area contributed by atoms with Crippen molar-refractivity contribution in [2.45, 2.75) is 173 Å². The van der Waals surface area contributed by atoms with E-state index in [1.807, 2.05) is 13.8 Å². The Morgan fingerprint density at radius 3 is 2.09 bits per heavy atom. The molecule has 6 unspecified atom stereocenters. The van der Waals surface area contributed by atoms with Crippen LogP contribution in [0.4, 0.5) is 0 Å². The molecule has 13 atom stereocenters. The van der Waals surface area contributed by atoms with E-state index in [9.17, 15) is 9.59 Å². The van der Waals surface area contributed by atoms with Gasteiger partial charge in [0.1, 0.15) is 12.2 Å². The molecular weight excluding hydrogens is 546 g/mol. The molecule has 0 saturated carbocycles. The molecule has 0 spiro atoms. The number of carbonyl (C=O) groups excluding carboxylic acids is 2. The summed E-state index contributed by atoms with van der Waals surface area (Å²) in [5, 5.41) is 0. The van der Waals surface area contributed by atoms with E-state index >= 15 is 0 Å². The van der Waals surface area contributed by atoms with Crippen LogP contribution in [0, 0.1) is 23.7 Å². The van der Waals surface area contributed by atoms with Crippen LogP contribution >= 0.6 is 0 Å². The van der Waals surface area contributed by atoms with Crippen LogP contribution in [-0.2, 0) is 33.3 Å². The van der Waals surface area contributed by atoms with Crippen molar-refractivity contribution in [3.63, 3.8) is 0 Å². The number of esters is 2. The SMILES string of the molecule is CCC[C@H]1CC2CCC(O2)[C@H](C)C(=O)OC([C@H](C)C2CC[C@@H](C[C@@H](CCC)N(C)C)O2)[C@H](C)C2CCC(O2)[C@@H](C)C(=O)O1. The summed E-state index contributed by atoms with van der Waals surface area (Å²) in [6.45, 7) is 12.6. The van der Waals surface area contributed by atoms with Gasteiger partial charge in [-0.1, -0.05) is 40.5 Å². The Morgan fingerprint density at radius 1 is 0.767 bits per heavy atom. The number of nitrogens with zero attached hydrogens (tertiary/aromatic N) is 1. The fourth-order valence-corrected chi connectivity index (χ4v) is 8.01. The van der Waals surface area contributed by atoms with Gasteiger partial charge in [-0.05, 0) is 85.7 Å². The van der Waals surface area contributed by atoms with Gasteiger partial charge in [-0.3, -0.25) is 9.59 Å². The van der Waals surface area contributed by atoms with E-state index in [1.165, 1.54) is 0 Å². The Morgan fingerprint density at radius 2 is 1.42 bits per heavy atom. The van der Waals surface area contributed by atoms with Gasteiger partial charge in [-0.15, -0.1) is 0 Å². The summed E-state index contributed by atoms with van der Waals surface area (Å²) in [6, 6.07) is 0.509. The molecule has 0 amide bonds. The van der Waals surface area contributed by atoms with Crippen molar-refractivity contribution in [3.05, 3.63) is 0 Å². The van der Waals surface area contributed by atoms with E-state index in [4.69, 9.17) is 23.7 Å². The largest absolute Gasteiger partial charge is 0.462 e. The van der Waals surface area contributed by atoms with E-state index in [0.29, 0.717) is 12.5 Å². The quantitative estimate of drug-likeness (QED) is 0.282. The van der Waals surface area contributed by atoms with Crippen molar-refractivity contribution in [1.29, 1.82) is 0 Å². The Balaban J connectivity index is 1.51. The van der Waals surface area contributed by atoms with Gasteiger partial charge in [-0.25, -0.2) is 0 Å². The third-order valence-electron chi connectivity index (χ3n) is 11.0. The zero-order chi connectivity index (χ0) is 31.3. The maximum Gasteiger partial charge on any atom is 0.311 e. The summed E-state index contributed by atoms with van der Waals surface area (Å²) in [5.74, 6) is -1.08. The number of rotatable bonds is 9. The zero-order valence-electron chi connectivity index (χ0n) is 28.3. The van der Waals surface area contributed by atoms with Crippen LogP contribution in [0.15, 0.2) is 0 Å². The average Bonchev–Trinajstić information content (AvgIpc) is 3.75. The van der Waals surface area contributed by atoms with Crippen molar-refractivity contribution in [2.24, 2.45) is 23.7 Å². The molecule has 0 aromatic rings. The van der Waals surface area contributed by atoms with Crippen LogP contribution in [0.5, 0.6) is 0 Å². The molecule has 8 heteroatoms. The lowest BCUT2D eigenvalue weighted by Crippen LogP contribution is -2.44. The van der Waals surface area contributed by atoms with Crippen LogP contribution in [-0.4, -0.2) is 85.8 Å². The first-order chi connectivity index (χ1) is 20.5. The van der Waals surface area contributed by atoms with E-state index < -0.39 is 0 Å². The maximum atomic E-state index is 13.7. The van der Waals surface area contributed by atoms with Crippen molar-refractivity contribution in [3.8, 4) is 0 Å². The molecule has 8 nitrogen and oxygen atoms in total. The second-order valence-corrected chi connectivity index (χ2v) is 14.5. The molecule has 4 fully saturated rings. The first-order valence-corrected chi connectivity index (χ1v) is 17.6. The molecule has 43 heavy (non-hydrogen) atoms. The zero-order valence-corrected chi connectivity index (χ0v) is 28.3. The first-order valence-electron chi connectivity index (χ1n) is 17.6. The van der Waals surface area contributed by atoms with Crippen LogP contribution < -0.4 is 0 Å². The van der Waals surface area contributed by atoms with Crippen molar-refractivity contribution < 1.29 is 33.3 Å². The minimum atomic E-state index is -0.364. The third kappa shape index (κ3) is 8.74. The van der Waals surface area contributed by atoms with Gasteiger partial charge < -0.3 is 28.6 Å². The highest BCUT2D eigenvalue weighted by Crippen LogP contribution is 2.39. The summed E-state index contributed by atoms with van der Waals surface area (Å²) in [4.78, 5) is 29.3. The summed E-state index contributed by atoms with van der Waals surface area (Å²) >= 11 is 0. The Bertz CT molecular complexity index is 897. The van der Waals surface area contributed by atoms with Crippen LogP contribution in [0.2, 0.25) is 0 Å². The summed E-state index contributed by atoms with van der Waals surface area (Å²) in [6.07, 6.45) is 10.3. The molecular formula is C35H61NO7. The summed E-state index contributed by atoms with van der Waals surface area (Å²) in [5.41, 5.74) is 0. The number of cyclic esters (lactones) is 2. The second-order valence-electron chi connectivity index (χ2n) is 14.5. The van der Waals surface area contributed by atoms with Gasteiger partial charge in [-0.2, -0.15) is 0 Å². The monoisotopic (exact) mass is 607 g/mol. The molecule has 0 aliphatic carbocycles. The highest BCUT2D eigenvalue weighted by Gasteiger charge is 2.46. The van der Waals surface area contributed by atoms with E-state index in [1.54, 1.807) is 0 Å². The molecule has 4 saturated heterocycles. The lowest BCUT2D eigenvalue weighted by Gasteiger charge is -2.36.